The predicted molar refractivity (Wildman–Crippen MR) is 121 cm³/mol. The van der Waals surface area contributed by atoms with Crippen LogP contribution in [0.2, 0.25) is 5.02 Å². The van der Waals surface area contributed by atoms with Crippen LogP contribution in [0.3, 0.4) is 0 Å². The van der Waals surface area contributed by atoms with Gasteiger partial charge in [0, 0.05) is 36.5 Å². The number of aryl methyl sites for hydroxylation is 1. The molecule has 6 nitrogen and oxygen atoms in total. The molecular formula is C24H24ClN5O. The first kappa shape index (κ1) is 19.8. The molecule has 1 atom stereocenters. The molecule has 158 valence electrons. The van der Waals surface area contributed by atoms with Crippen LogP contribution in [0.5, 0.6) is 0 Å². The molecule has 0 bridgehead atoms. The van der Waals surface area contributed by atoms with Gasteiger partial charge in [0.1, 0.15) is 5.82 Å². The highest BCUT2D eigenvalue weighted by Gasteiger charge is 2.26. The maximum atomic E-state index is 13.1. The van der Waals surface area contributed by atoms with E-state index in [0.29, 0.717) is 17.0 Å². The summed E-state index contributed by atoms with van der Waals surface area (Å²) in [6, 6.07) is 15.0. The third-order valence-corrected chi connectivity index (χ3v) is 6.30. The van der Waals surface area contributed by atoms with Gasteiger partial charge in [-0.05, 0) is 36.6 Å². The third-order valence-electron chi connectivity index (χ3n) is 5.97. The summed E-state index contributed by atoms with van der Waals surface area (Å²) in [5, 5.41) is 13.8. The SMILES string of the molecule is O=C(N[C@@H](Cc1c[nH]c2ccccc12)c1nnc2n1CCCCC2)c1ccccc1Cl. The highest BCUT2D eigenvalue weighted by atomic mass is 35.5. The summed E-state index contributed by atoms with van der Waals surface area (Å²) >= 11 is 6.29. The fraction of sp³-hybridized carbons (Fsp3) is 0.292. The molecule has 2 N–H and O–H groups in total. The monoisotopic (exact) mass is 433 g/mol. The van der Waals surface area contributed by atoms with E-state index >= 15 is 0 Å². The molecule has 0 radical (unpaired) electrons. The topological polar surface area (TPSA) is 75.6 Å². The minimum atomic E-state index is -0.317. The van der Waals surface area contributed by atoms with E-state index in [1.165, 1.54) is 6.42 Å². The van der Waals surface area contributed by atoms with Gasteiger partial charge >= 0.3 is 0 Å². The Morgan fingerprint density at radius 1 is 1.10 bits per heavy atom. The first-order valence-corrected chi connectivity index (χ1v) is 11.1. The van der Waals surface area contributed by atoms with Gasteiger partial charge < -0.3 is 14.9 Å². The van der Waals surface area contributed by atoms with Crippen molar-refractivity contribution in [1.82, 2.24) is 25.1 Å². The maximum absolute atomic E-state index is 13.1. The number of fused-ring (bicyclic) bond motifs is 2. The van der Waals surface area contributed by atoms with E-state index in [1.54, 1.807) is 12.1 Å². The largest absolute Gasteiger partial charge is 0.361 e. The van der Waals surface area contributed by atoms with Crippen molar-refractivity contribution in [3.8, 4) is 0 Å². The summed E-state index contributed by atoms with van der Waals surface area (Å²) in [4.78, 5) is 16.5. The molecule has 2 aromatic heterocycles. The Kier molecular flexibility index (Phi) is 5.47. The van der Waals surface area contributed by atoms with E-state index in [2.05, 4.69) is 37.2 Å². The number of amides is 1. The Labute approximate surface area is 185 Å². The van der Waals surface area contributed by atoms with Crippen LogP contribution < -0.4 is 5.32 Å². The number of aromatic amines is 1. The minimum absolute atomic E-state index is 0.207. The van der Waals surface area contributed by atoms with Crippen LogP contribution in [0.25, 0.3) is 10.9 Å². The van der Waals surface area contributed by atoms with Gasteiger partial charge in [0.05, 0.1) is 16.6 Å². The lowest BCUT2D eigenvalue weighted by atomic mass is 10.0. The molecule has 4 aromatic rings. The van der Waals surface area contributed by atoms with Crippen molar-refractivity contribution in [2.45, 2.75) is 44.7 Å². The highest BCUT2D eigenvalue weighted by molar-refractivity contribution is 6.33. The Morgan fingerprint density at radius 3 is 2.84 bits per heavy atom. The fourth-order valence-corrected chi connectivity index (χ4v) is 4.60. The fourth-order valence-electron chi connectivity index (χ4n) is 4.37. The zero-order chi connectivity index (χ0) is 21.2. The maximum Gasteiger partial charge on any atom is 0.253 e. The summed E-state index contributed by atoms with van der Waals surface area (Å²) in [7, 11) is 0. The van der Waals surface area contributed by atoms with Crippen LogP contribution in [0.1, 0.15) is 52.9 Å². The van der Waals surface area contributed by atoms with Gasteiger partial charge in [0.25, 0.3) is 5.91 Å². The molecular weight excluding hydrogens is 410 g/mol. The molecule has 0 saturated carbocycles. The molecule has 5 rings (SSSR count). The zero-order valence-corrected chi connectivity index (χ0v) is 17.9. The van der Waals surface area contributed by atoms with Crippen molar-refractivity contribution in [3.63, 3.8) is 0 Å². The Morgan fingerprint density at radius 2 is 1.94 bits per heavy atom. The molecule has 2 aromatic carbocycles. The average Bonchev–Trinajstić information content (AvgIpc) is 3.30. The van der Waals surface area contributed by atoms with Gasteiger partial charge in [0.15, 0.2) is 5.82 Å². The lowest BCUT2D eigenvalue weighted by Crippen LogP contribution is -2.32. The van der Waals surface area contributed by atoms with Crippen molar-refractivity contribution < 1.29 is 4.79 Å². The summed E-state index contributed by atoms with van der Waals surface area (Å²) in [5.41, 5.74) is 2.67. The quantitative estimate of drug-likeness (QED) is 0.472. The van der Waals surface area contributed by atoms with Crippen LogP contribution >= 0.6 is 11.6 Å². The van der Waals surface area contributed by atoms with Gasteiger partial charge in [-0.15, -0.1) is 10.2 Å². The number of aromatic nitrogens is 4. The molecule has 7 heteroatoms. The van der Waals surface area contributed by atoms with Gasteiger partial charge in [-0.1, -0.05) is 48.4 Å². The molecule has 3 heterocycles. The van der Waals surface area contributed by atoms with Gasteiger partial charge in [-0.3, -0.25) is 4.79 Å². The van der Waals surface area contributed by atoms with Crippen LogP contribution in [-0.2, 0) is 19.4 Å². The second-order valence-electron chi connectivity index (χ2n) is 8.01. The molecule has 0 spiro atoms. The van der Waals surface area contributed by atoms with Crippen LogP contribution in [0, 0.1) is 0 Å². The van der Waals surface area contributed by atoms with E-state index in [9.17, 15) is 4.79 Å². The Balaban J connectivity index is 1.52. The second kappa shape index (κ2) is 8.55. The van der Waals surface area contributed by atoms with E-state index in [-0.39, 0.29) is 11.9 Å². The van der Waals surface area contributed by atoms with E-state index in [1.807, 2.05) is 30.5 Å². The van der Waals surface area contributed by atoms with E-state index < -0.39 is 0 Å². The number of halogens is 1. The molecule has 1 aliphatic rings. The molecule has 1 aliphatic heterocycles. The number of H-pyrrole nitrogens is 1. The number of rotatable bonds is 5. The summed E-state index contributed by atoms with van der Waals surface area (Å²) in [6.45, 7) is 0.879. The van der Waals surface area contributed by atoms with Crippen LogP contribution in [0.15, 0.2) is 54.7 Å². The molecule has 0 aliphatic carbocycles. The normalized spacial score (nSPS) is 14.7. The van der Waals surface area contributed by atoms with Crippen molar-refractivity contribution in [1.29, 1.82) is 0 Å². The highest BCUT2D eigenvalue weighted by Crippen LogP contribution is 2.27. The van der Waals surface area contributed by atoms with Crippen molar-refractivity contribution in [3.05, 3.63) is 82.5 Å². The van der Waals surface area contributed by atoms with Crippen LogP contribution in [-0.4, -0.2) is 25.7 Å². The van der Waals surface area contributed by atoms with Crippen molar-refractivity contribution in [2.24, 2.45) is 0 Å². The number of para-hydroxylation sites is 1. The summed E-state index contributed by atoms with van der Waals surface area (Å²) in [6.07, 6.45) is 6.94. The lowest BCUT2D eigenvalue weighted by molar-refractivity contribution is 0.0934. The first-order valence-electron chi connectivity index (χ1n) is 10.7. The van der Waals surface area contributed by atoms with Gasteiger partial charge in [-0.2, -0.15) is 0 Å². The number of carbonyl (C=O) groups is 1. The molecule has 0 saturated heterocycles. The predicted octanol–water partition coefficient (Wildman–Crippen LogP) is 4.85. The minimum Gasteiger partial charge on any atom is -0.361 e. The smallest absolute Gasteiger partial charge is 0.253 e. The van der Waals surface area contributed by atoms with Crippen molar-refractivity contribution in [2.75, 3.05) is 0 Å². The van der Waals surface area contributed by atoms with Crippen LogP contribution in [0.4, 0.5) is 0 Å². The van der Waals surface area contributed by atoms with Crippen molar-refractivity contribution >= 4 is 28.4 Å². The third kappa shape index (κ3) is 3.95. The average molecular weight is 434 g/mol. The molecule has 0 fully saturated rings. The summed E-state index contributed by atoms with van der Waals surface area (Å²) in [5.74, 6) is 1.60. The number of hydrogen-bond donors (Lipinski definition) is 2. The van der Waals surface area contributed by atoms with E-state index in [0.717, 1.165) is 53.9 Å². The number of nitrogens with one attached hydrogen (secondary N) is 2. The molecule has 1 amide bonds. The standard InChI is InChI=1S/C24H24ClN5O/c25-19-10-5-3-9-18(19)24(31)27-21(14-16-15-26-20-11-6-4-8-17(16)20)23-29-28-22-12-2-1-7-13-30(22)23/h3-6,8-11,15,21,26H,1-2,7,12-14H2,(H,27,31)/t21-/m0/s1. The Bertz CT molecular complexity index is 1230. The molecule has 31 heavy (non-hydrogen) atoms. The number of benzene rings is 2. The van der Waals surface area contributed by atoms with Gasteiger partial charge in [0.2, 0.25) is 0 Å². The number of hydrogen-bond acceptors (Lipinski definition) is 3. The number of nitrogens with zero attached hydrogens (tertiary/aromatic N) is 3. The summed E-state index contributed by atoms with van der Waals surface area (Å²) < 4.78 is 2.19. The van der Waals surface area contributed by atoms with Gasteiger partial charge in [-0.25, -0.2) is 0 Å². The number of carbonyl (C=O) groups excluding carboxylic acids is 1. The Hall–Kier alpha value is -3.12. The zero-order valence-electron chi connectivity index (χ0n) is 17.1. The first-order chi connectivity index (χ1) is 15.2. The lowest BCUT2D eigenvalue weighted by Gasteiger charge is -2.20. The van der Waals surface area contributed by atoms with E-state index in [4.69, 9.17) is 11.6 Å². The molecule has 0 unspecified atom stereocenters. The second-order valence-corrected chi connectivity index (χ2v) is 8.41.